The molecule has 1 aromatic carbocycles. The first-order valence-electron chi connectivity index (χ1n) is 7.86. The van der Waals surface area contributed by atoms with Crippen LogP contribution in [0.2, 0.25) is 5.02 Å². The zero-order valence-electron chi connectivity index (χ0n) is 14.3. The van der Waals surface area contributed by atoms with E-state index in [1.165, 1.54) is 41.3 Å². The van der Waals surface area contributed by atoms with Gasteiger partial charge in [-0.2, -0.15) is 5.10 Å². The molecule has 3 aromatic rings. The number of aromatic nitrogens is 2. The molecule has 0 aliphatic heterocycles. The second-order valence-corrected chi connectivity index (χ2v) is 8.57. The van der Waals surface area contributed by atoms with Crippen molar-refractivity contribution >= 4 is 33.0 Å². The summed E-state index contributed by atoms with van der Waals surface area (Å²) in [5.74, 6) is 0.182. The lowest BCUT2D eigenvalue weighted by Gasteiger charge is -2.11. The van der Waals surface area contributed by atoms with Crippen LogP contribution in [0.15, 0.2) is 57.5 Å². The van der Waals surface area contributed by atoms with Gasteiger partial charge in [0.25, 0.3) is 5.56 Å². The molecule has 0 aliphatic rings. The minimum atomic E-state index is -3.86. The number of thiophene rings is 1. The molecule has 3 rings (SSSR count). The Morgan fingerprint density at radius 1 is 1.26 bits per heavy atom. The van der Waals surface area contributed by atoms with Crippen molar-refractivity contribution in [1.82, 2.24) is 14.5 Å². The monoisotopic (exact) mass is 425 g/mol. The van der Waals surface area contributed by atoms with Gasteiger partial charge >= 0.3 is 0 Å². The number of halogens is 1. The SMILES string of the molecule is COc1ccc(Cl)cc1S(=O)(=O)NCCn1nc(-c2cccs2)ccc1=O. The van der Waals surface area contributed by atoms with Crippen molar-refractivity contribution in [3.05, 3.63) is 63.2 Å². The molecule has 0 unspecified atom stereocenters. The molecule has 0 bridgehead atoms. The summed E-state index contributed by atoms with van der Waals surface area (Å²) < 4.78 is 33.8. The highest BCUT2D eigenvalue weighted by Crippen LogP contribution is 2.26. The number of sulfonamides is 1. The molecule has 2 heterocycles. The van der Waals surface area contributed by atoms with Gasteiger partial charge in [-0.25, -0.2) is 17.8 Å². The summed E-state index contributed by atoms with van der Waals surface area (Å²) in [7, 11) is -2.49. The molecule has 0 atom stereocenters. The Balaban J connectivity index is 1.76. The minimum absolute atomic E-state index is 0.0151. The summed E-state index contributed by atoms with van der Waals surface area (Å²) in [6, 6.07) is 11.2. The van der Waals surface area contributed by atoms with Crippen molar-refractivity contribution in [1.29, 1.82) is 0 Å². The third-order valence-electron chi connectivity index (χ3n) is 3.67. The second kappa shape index (κ2) is 8.22. The smallest absolute Gasteiger partial charge is 0.266 e. The lowest BCUT2D eigenvalue weighted by molar-refractivity contribution is 0.402. The van der Waals surface area contributed by atoms with E-state index in [-0.39, 0.29) is 34.3 Å². The molecule has 10 heteroatoms. The highest BCUT2D eigenvalue weighted by Gasteiger charge is 2.19. The molecule has 1 N–H and O–H groups in total. The number of nitrogens with zero attached hydrogens (tertiary/aromatic N) is 2. The second-order valence-electron chi connectivity index (χ2n) is 5.45. The van der Waals surface area contributed by atoms with Crippen LogP contribution in [0.1, 0.15) is 0 Å². The van der Waals surface area contributed by atoms with Crippen LogP contribution >= 0.6 is 22.9 Å². The fourth-order valence-corrected chi connectivity index (χ4v) is 4.53. The molecule has 7 nitrogen and oxygen atoms in total. The van der Waals surface area contributed by atoms with Gasteiger partial charge in [-0.15, -0.1) is 11.3 Å². The number of nitrogens with one attached hydrogen (secondary N) is 1. The van der Waals surface area contributed by atoms with Crippen LogP contribution in [-0.2, 0) is 16.6 Å². The molecule has 0 saturated carbocycles. The summed E-state index contributed by atoms with van der Waals surface area (Å²) in [5.41, 5.74) is 0.346. The largest absolute Gasteiger partial charge is 0.495 e. The Hall–Kier alpha value is -2.20. The van der Waals surface area contributed by atoms with Crippen molar-refractivity contribution in [3.8, 4) is 16.3 Å². The number of benzene rings is 1. The van der Waals surface area contributed by atoms with Crippen LogP contribution in [-0.4, -0.2) is 31.9 Å². The minimum Gasteiger partial charge on any atom is -0.495 e. The summed E-state index contributed by atoms with van der Waals surface area (Å²) in [5, 5.41) is 6.48. The Morgan fingerprint density at radius 3 is 2.78 bits per heavy atom. The van der Waals surface area contributed by atoms with Crippen molar-refractivity contribution in [3.63, 3.8) is 0 Å². The molecule has 0 amide bonds. The molecule has 27 heavy (non-hydrogen) atoms. The lowest BCUT2D eigenvalue weighted by Crippen LogP contribution is -2.32. The van der Waals surface area contributed by atoms with E-state index in [4.69, 9.17) is 16.3 Å². The van der Waals surface area contributed by atoms with E-state index in [0.29, 0.717) is 5.69 Å². The maximum absolute atomic E-state index is 12.5. The zero-order valence-corrected chi connectivity index (χ0v) is 16.6. The van der Waals surface area contributed by atoms with Crippen LogP contribution in [0.3, 0.4) is 0 Å². The molecular formula is C17H16ClN3O4S2. The van der Waals surface area contributed by atoms with Crippen LogP contribution in [0.4, 0.5) is 0 Å². The van der Waals surface area contributed by atoms with Gasteiger partial charge in [0.2, 0.25) is 10.0 Å². The standard InChI is InChI=1S/C17H16ClN3O4S2/c1-25-14-6-4-12(18)11-16(14)27(23,24)19-8-9-21-17(22)7-5-13(20-21)15-3-2-10-26-15/h2-7,10-11,19H,8-9H2,1H3. The van der Waals surface area contributed by atoms with E-state index < -0.39 is 10.0 Å². The molecule has 2 aromatic heterocycles. The van der Waals surface area contributed by atoms with Gasteiger partial charge in [0, 0.05) is 17.6 Å². The van der Waals surface area contributed by atoms with E-state index in [2.05, 4.69) is 9.82 Å². The third kappa shape index (κ3) is 4.56. The van der Waals surface area contributed by atoms with Gasteiger partial charge in [0.15, 0.2) is 0 Å². The highest BCUT2D eigenvalue weighted by molar-refractivity contribution is 7.89. The van der Waals surface area contributed by atoms with Gasteiger partial charge < -0.3 is 4.74 Å². The molecule has 0 radical (unpaired) electrons. The molecule has 0 aliphatic carbocycles. The summed E-state index contributed by atoms with van der Waals surface area (Å²) in [4.78, 5) is 12.9. The quantitative estimate of drug-likeness (QED) is 0.628. The Bertz CT molecular complexity index is 1100. The van der Waals surface area contributed by atoms with Crippen LogP contribution in [0.5, 0.6) is 5.75 Å². The van der Waals surface area contributed by atoms with Crippen molar-refractivity contribution in [2.24, 2.45) is 0 Å². The van der Waals surface area contributed by atoms with Gasteiger partial charge in [-0.1, -0.05) is 17.7 Å². The van der Waals surface area contributed by atoms with E-state index >= 15 is 0 Å². The number of rotatable bonds is 7. The predicted octanol–water partition coefficient (Wildman–Crippen LogP) is 2.61. The molecule has 142 valence electrons. The highest BCUT2D eigenvalue weighted by atomic mass is 35.5. The van der Waals surface area contributed by atoms with E-state index in [1.54, 1.807) is 12.1 Å². The lowest BCUT2D eigenvalue weighted by atomic mass is 10.3. The first kappa shape index (κ1) is 19.6. The molecule has 0 fully saturated rings. The maximum Gasteiger partial charge on any atom is 0.266 e. The van der Waals surface area contributed by atoms with E-state index in [0.717, 1.165) is 4.88 Å². The predicted molar refractivity (Wildman–Crippen MR) is 105 cm³/mol. The average molecular weight is 426 g/mol. The first-order valence-corrected chi connectivity index (χ1v) is 10.6. The van der Waals surface area contributed by atoms with Crippen molar-refractivity contribution in [2.45, 2.75) is 11.4 Å². The first-order chi connectivity index (χ1) is 12.9. The van der Waals surface area contributed by atoms with Crippen LogP contribution in [0, 0.1) is 0 Å². The number of methoxy groups -OCH3 is 1. The maximum atomic E-state index is 12.5. The van der Waals surface area contributed by atoms with Crippen molar-refractivity contribution < 1.29 is 13.2 Å². The summed E-state index contributed by atoms with van der Waals surface area (Å²) >= 11 is 7.40. The third-order valence-corrected chi connectivity index (χ3v) is 6.28. The number of ether oxygens (including phenoxy) is 1. The molecule has 0 spiro atoms. The normalized spacial score (nSPS) is 11.5. The number of hydrogen-bond acceptors (Lipinski definition) is 6. The number of hydrogen-bond donors (Lipinski definition) is 1. The average Bonchev–Trinajstić information content (AvgIpc) is 3.18. The van der Waals surface area contributed by atoms with Crippen molar-refractivity contribution in [2.75, 3.05) is 13.7 Å². The van der Waals surface area contributed by atoms with Gasteiger partial charge in [0.1, 0.15) is 16.3 Å². The van der Waals surface area contributed by atoms with E-state index in [9.17, 15) is 13.2 Å². The van der Waals surface area contributed by atoms with Crippen LogP contribution in [0.25, 0.3) is 10.6 Å². The fourth-order valence-electron chi connectivity index (χ4n) is 2.39. The Kier molecular flexibility index (Phi) is 5.95. The molecule has 0 saturated heterocycles. The van der Waals surface area contributed by atoms with Gasteiger partial charge in [-0.3, -0.25) is 4.79 Å². The van der Waals surface area contributed by atoms with Crippen LogP contribution < -0.4 is 15.0 Å². The summed E-state index contributed by atoms with van der Waals surface area (Å²) in [6.07, 6.45) is 0. The summed E-state index contributed by atoms with van der Waals surface area (Å²) in [6.45, 7) is 0.0684. The van der Waals surface area contributed by atoms with Gasteiger partial charge in [0.05, 0.1) is 18.5 Å². The zero-order chi connectivity index (χ0) is 19.4. The Morgan fingerprint density at radius 2 is 2.07 bits per heavy atom. The topological polar surface area (TPSA) is 90.3 Å². The Labute approximate surface area is 165 Å². The fraction of sp³-hybridized carbons (Fsp3) is 0.176. The van der Waals surface area contributed by atoms with E-state index in [1.807, 2.05) is 17.5 Å². The van der Waals surface area contributed by atoms with Gasteiger partial charge in [-0.05, 0) is 35.7 Å². The molecular weight excluding hydrogens is 410 g/mol.